The Morgan fingerprint density at radius 2 is 1.84 bits per heavy atom. The molecule has 0 aromatic heterocycles. The van der Waals surface area contributed by atoms with Crippen molar-refractivity contribution in [3.05, 3.63) is 11.4 Å². The van der Waals surface area contributed by atoms with Gasteiger partial charge in [-0.15, -0.1) is 0 Å². The average molecular weight is 351 g/mol. The second-order valence-corrected chi connectivity index (χ2v) is 7.38. The zero-order chi connectivity index (χ0) is 18.8. The van der Waals surface area contributed by atoms with E-state index in [0.717, 1.165) is 0 Å². The first-order valence-corrected chi connectivity index (χ1v) is 8.42. The summed E-state index contributed by atoms with van der Waals surface area (Å²) in [5.41, 5.74) is -0.691. The SMILES string of the molecule is [C-]#[N+]C1C[C@@H](C(=O)N2CCC[C@H]2C(=O)OC)N(C(=O)OC(C)(C)C)C1. The number of amides is 2. The number of hydrogen-bond donors (Lipinski definition) is 0. The maximum Gasteiger partial charge on any atom is 0.411 e. The Labute approximate surface area is 147 Å². The van der Waals surface area contributed by atoms with Gasteiger partial charge in [-0.1, -0.05) is 0 Å². The molecule has 0 bridgehead atoms. The fraction of sp³-hybridized carbons (Fsp3) is 0.765. The maximum absolute atomic E-state index is 13.0. The van der Waals surface area contributed by atoms with E-state index in [9.17, 15) is 14.4 Å². The molecule has 3 atom stereocenters. The van der Waals surface area contributed by atoms with Gasteiger partial charge in [-0.3, -0.25) is 9.69 Å². The predicted octanol–water partition coefficient (Wildman–Crippen LogP) is 1.45. The third kappa shape index (κ3) is 4.21. The lowest BCUT2D eigenvalue weighted by Gasteiger charge is -2.31. The summed E-state index contributed by atoms with van der Waals surface area (Å²) >= 11 is 0. The van der Waals surface area contributed by atoms with Crippen LogP contribution in [0, 0.1) is 6.57 Å². The van der Waals surface area contributed by atoms with Gasteiger partial charge in [-0.05, 0) is 33.6 Å². The van der Waals surface area contributed by atoms with Gasteiger partial charge in [0.25, 0.3) is 0 Å². The predicted molar refractivity (Wildman–Crippen MR) is 88.5 cm³/mol. The zero-order valence-corrected chi connectivity index (χ0v) is 15.2. The lowest BCUT2D eigenvalue weighted by atomic mass is 10.1. The van der Waals surface area contributed by atoms with E-state index in [0.29, 0.717) is 19.4 Å². The van der Waals surface area contributed by atoms with Gasteiger partial charge in [0.1, 0.15) is 24.2 Å². The Morgan fingerprint density at radius 1 is 1.16 bits per heavy atom. The monoisotopic (exact) mass is 351 g/mol. The molecule has 2 aliphatic heterocycles. The minimum atomic E-state index is -0.779. The van der Waals surface area contributed by atoms with Crippen molar-refractivity contribution in [3.63, 3.8) is 0 Å². The summed E-state index contributed by atoms with van der Waals surface area (Å²) in [5.74, 6) is -0.765. The van der Waals surface area contributed by atoms with Crippen LogP contribution in [0.1, 0.15) is 40.0 Å². The van der Waals surface area contributed by atoms with Crippen molar-refractivity contribution in [1.82, 2.24) is 9.80 Å². The van der Waals surface area contributed by atoms with Crippen LogP contribution in [0.15, 0.2) is 0 Å². The first-order chi connectivity index (χ1) is 11.7. The first kappa shape index (κ1) is 19.0. The van der Waals surface area contributed by atoms with Crippen molar-refractivity contribution >= 4 is 18.0 Å². The van der Waals surface area contributed by atoms with Crippen molar-refractivity contribution < 1.29 is 23.9 Å². The van der Waals surface area contributed by atoms with E-state index in [1.165, 1.54) is 16.9 Å². The number of carbonyl (C=O) groups excluding carboxylic acids is 3. The van der Waals surface area contributed by atoms with Gasteiger partial charge >= 0.3 is 12.1 Å². The number of carbonyl (C=O) groups is 3. The molecule has 0 aliphatic carbocycles. The van der Waals surface area contributed by atoms with Gasteiger partial charge in [-0.25, -0.2) is 16.2 Å². The summed E-state index contributed by atoms with van der Waals surface area (Å²) < 4.78 is 10.1. The average Bonchev–Trinajstić information content (AvgIpc) is 3.18. The quantitative estimate of drug-likeness (QED) is 0.556. The summed E-state index contributed by atoms with van der Waals surface area (Å²) in [6.45, 7) is 13.1. The van der Waals surface area contributed by atoms with Crippen LogP contribution in [-0.2, 0) is 19.1 Å². The highest BCUT2D eigenvalue weighted by Crippen LogP contribution is 2.28. The van der Waals surface area contributed by atoms with Crippen LogP contribution in [0.4, 0.5) is 4.79 Å². The topological polar surface area (TPSA) is 80.5 Å². The fourth-order valence-corrected chi connectivity index (χ4v) is 3.27. The molecule has 8 heteroatoms. The fourth-order valence-electron chi connectivity index (χ4n) is 3.27. The van der Waals surface area contributed by atoms with Gasteiger partial charge in [0.05, 0.1) is 13.5 Å². The van der Waals surface area contributed by atoms with Crippen LogP contribution in [-0.4, -0.2) is 71.7 Å². The largest absolute Gasteiger partial charge is 0.467 e. The van der Waals surface area contributed by atoms with E-state index < -0.39 is 35.8 Å². The second kappa shape index (κ2) is 7.30. The standard InChI is InChI=1S/C17H25N3O5/c1-17(2,3)25-16(23)20-10-11(18-4)9-13(20)14(21)19-8-6-7-12(19)15(22)24-5/h11-13H,6-10H2,1-3,5H3/t11?,12-,13-/m0/s1. The van der Waals surface area contributed by atoms with Crippen LogP contribution in [0.3, 0.4) is 0 Å². The first-order valence-electron chi connectivity index (χ1n) is 8.42. The molecule has 8 nitrogen and oxygen atoms in total. The summed E-state index contributed by atoms with van der Waals surface area (Å²) in [7, 11) is 1.29. The van der Waals surface area contributed by atoms with E-state index in [1.54, 1.807) is 20.8 Å². The van der Waals surface area contributed by atoms with E-state index in [1.807, 2.05) is 0 Å². The Bertz CT molecular complexity index is 592. The molecule has 1 unspecified atom stereocenters. The van der Waals surface area contributed by atoms with Gasteiger partial charge in [-0.2, -0.15) is 0 Å². The molecule has 0 saturated carbocycles. The van der Waals surface area contributed by atoms with Gasteiger partial charge in [0.2, 0.25) is 11.9 Å². The number of nitrogens with zero attached hydrogens (tertiary/aromatic N) is 3. The Balaban J connectivity index is 2.19. The smallest absolute Gasteiger partial charge is 0.411 e. The van der Waals surface area contributed by atoms with E-state index >= 15 is 0 Å². The summed E-state index contributed by atoms with van der Waals surface area (Å²) in [4.78, 5) is 43.6. The molecular formula is C17H25N3O5. The van der Waals surface area contributed by atoms with Gasteiger partial charge in [0.15, 0.2) is 0 Å². The molecule has 25 heavy (non-hydrogen) atoms. The van der Waals surface area contributed by atoms with Crippen molar-refractivity contribution in [1.29, 1.82) is 0 Å². The van der Waals surface area contributed by atoms with E-state index in [2.05, 4.69) is 4.85 Å². The van der Waals surface area contributed by atoms with Crippen molar-refractivity contribution in [3.8, 4) is 0 Å². The number of methoxy groups -OCH3 is 1. The van der Waals surface area contributed by atoms with Crippen molar-refractivity contribution in [2.24, 2.45) is 0 Å². The van der Waals surface area contributed by atoms with Crippen LogP contribution >= 0.6 is 0 Å². The molecule has 0 radical (unpaired) electrons. The Hall–Kier alpha value is -2.30. The van der Waals surface area contributed by atoms with Crippen LogP contribution in [0.2, 0.25) is 0 Å². The molecule has 2 saturated heterocycles. The normalized spacial score (nSPS) is 26.3. The lowest BCUT2D eigenvalue weighted by molar-refractivity contribution is -0.152. The van der Waals surface area contributed by atoms with E-state index in [-0.39, 0.29) is 18.9 Å². The number of rotatable bonds is 2. The molecule has 138 valence electrons. The molecule has 0 N–H and O–H groups in total. The molecule has 2 heterocycles. The molecule has 2 rings (SSSR count). The van der Waals surface area contributed by atoms with Crippen LogP contribution in [0.25, 0.3) is 4.85 Å². The second-order valence-electron chi connectivity index (χ2n) is 7.38. The summed E-state index contributed by atoms with van der Waals surface area (Å²) in [6.07, 6.45) is 0.901. The Kier molecular flexibility index (Phi) is 5.55. The number of likely N-dealkylation sites (tertiary alicyclic amines) is 2. The molecular weight excluding hydrogens is 326 g/mol. The molecule has 2 aliphatic rings. The van der Waals surface area contributed by atoms with Crippen LogP contribution in [0.5, 0.6) is 0 Å². The minimum Gasteiger partial charge on any atom is -0.467 e. The number of esters is 1. The van der Waals surface area contributed by atoms with Crippen LogP contribution < -0.4 is 0 Å². The minimum absolute atomic E-state index is 0.158. The van der Waals surface area contributed by atoms with Crippen molar-refractivity contribution in [2.45, 2.75) is 63.8 Å². The summed E-state index contributed by atoms with van der Waals surface area (Å²) in [5, 5.41) is 0. The van der Waals surface area contributed by atoms with Crippen molar-refractivity contribution in [2.75, 3.05) is 20.2 Å². The highest BCUT2D eigenvalue weighted by atomic mass is 16.6. The maximum atomic E-state index is 13.0. The third-order valence-electron chi connectivity index (χ3n) is 4.38. The Morgan fingerprint density at radius 3 is 2.40 bits per heavy atom. The third-order valence-corrected chi connectivity index (χ3v) is 4.38. The molecule has 2 fully saturated rings. The molecule has 0 spiro atoms. The lowest BCUT2D eigenvalue weighted by Crippen LogP contribution is -2.51. The highest BCUT2D eigenvalue weighted by molar-refractivity contribution is 5.90. The number of ether oxygens (including phenoxy) is 2. The number of hydrogen-bond acceptors (Lipinski definition) is 5. The summed E-state index contributed by atoms with van der Waals surface area (Å²) in [6, 6.07) is -1.84. The van der Waals surface area contributed by atoms with Gasteiger partial charge < -0.3 is 19.2 Å². The van der Waals surface area contributed by atoms with E-state index in [4.69, 9.17) is 16.0 Å². The highest BCUT2D eigenvalue weighted by Gasteiger charge is 2.48. The molecule has 2 amide bonds. The molecule has 0 aromatic carbocycles. The zero-order valence-electron chi connectivity index (χ0n) is 15.2. The molecule has 0 aromatic rings. The van der Waals surface area contributed by atoms with Gasteiger partial charge in [0, 0.05) is 6.54 Å².